The number of carbonyl (C=O) groups excluding carboxylic acids is 1. The maximum absolute atomic E-state index is 10.1. The number of allylic oxidation sites excluding steroid dienone is 3. The molecule has 0 aliphatic carbocycles. The van der Waals surface area contributed by atoms with Crippen molar-refractivity contribution in [2.75, 3.05) is 19.7 Å². The Hall–Kier alpha value is -1.71. The van der Waals surface area contributed by atoms with E-state index in [0.717, 1.165) is 31.5 Å². The minimum atomic E-state index is 0.159. The minimum Gasteiger partial charge on any atom is -0.371 e. The maximum atomic E-state index is 10.1. The van der Waals surface area contributed by atoms with Crippen molar-refractivity contribution in [3.05, 3.63) is 53.6 Å². The van der Waals surface area contributed by atoms with Crippen LogP contribution >= 0.6 is 0 Å². The van der Waals surface area contributed by atoms with E-state index in [4.69, 9.17) is 4.74 Å². The van der Waals surface area contributed by atoms with Crippen LogP contribution in [-0.2, 0) is 9.53 Å². The lowest BCUT2D eigenvalue weighted by molar-refractivity contribution is -0.104. The Morgan fingerprint density at radius 1 is 1.17 bits per heavy atom. The van der Waals surface area contributed by atoms with Gasteiger partial charge in [-0.2, -0.15) is 0 Å². The average molecular weight is 243 g/mol. The van der Waals surface area contributed by atoms with Crippen LogP contribution in [0.15, 0.2) is 42.5 Å². The summed E-state index contributed by atoms with van der Waals surface area (Å²) in [7, 11) is 0. The van der Waals surface area contributed by atoms with Gasteiger partial charge in [0.1, 0.15) is 6.29 Å². The van der Waals surface area contributed by atoms with Crippen molar-refractivity contribution in [3.8, 4) is 0 Å². The standard InChI is InChI=1S/C15H17NO2/c17-10-3-1-2-4-13-5-7-14(8-6-13)15-12-16-9-11-18-15/h1-8,10,15-16H,9,11-12H2. The van der Waals surface area contributed by atoms with Gasteiger partial charge < -0.3 is 10.1 Å². The largest absolute Gasteiger partial charge is 0.371 e. The van der Waals surface area contributed by atoms with E-state index in [0.29, 0.717) is 0 Å². The van der Waals surface area contributed by atoms with Gasteiger partial charge in [0.15, 0.2) is 0 Å². The zero-order chi connectivity index (χ0) is 12.6. The van der Waals surface area contributed by atoms with Crippen LogP contribution in [-0.4, -0.2) is 26.0 Å². The molecular formula is C15H17NO2. The van der Waals surface area contributed by atoms with Crippen molar-refractivity contribution in [3.63, 3.8) is 0 Å². The van der Waals surface area contributed by atoms with Crippen molar-refractivity contribution in [2.45, 2.75) is 6.10 Å². The fourth-order valence-electron chi connectivity index (χ4n) is 1.88. The molecular weight excluding hydrogens is 226 g/mol. The summed E-state index contributed by atoms with van der Waals surface area (Å²) >= 11 is 0. The Kier molecular flexibility index (Phi) is 4.88. The Morgan fingerprint density at radius 3 is 2.67 bits per heavy atom. The number of nitrogens with one attached hydrogen (secondary N) is 1. The molecule has 0 radical (unpaired) electrons. The number of aldehydes is 1. The van der Waals surface area contributed by atoms with Crippen LogP contribution in [0.3, 0.4) is 0 Å². The predicted molar refractivity (Wildman–Crippen MR) is 72.2 cm³/mol. The summed E-state index contributed by atoms with van der Waals surface area (Å²) in [5.74, 6) is 0. The van der Waals surface area contributed by atoms with Gasteiger partial charge >= 0.3 is 0 Å². The number of carbonyl (C=O) groups is 1. The SMILES string of the molecule is O=CC=CC=Cc1ccc(C2CNCCO2)cc1. The Morgan fingerprint density at radius 2 is 2.00 bits per heavy atom. The third-order valence-electron chi connectivity index (χ3n) is 2.83. The molecule has 1 unspecified atom stereocenters. The molecule has 1 fully saturated rings. The van der Waals surface area contributed by atoms with Crippen molar-refractivity contribution in [2.24, 2.45) is 0 Å². The summed E-state index contributed by atoms with van der Waals surface area (Å²) in [6, 6.07) is 8.28. The molecule has 0 saturated carbocycles. The van der Waals surface area contributed by atoms with Gasteiger partial charge in [0.2, 0.25) is 0 Å². The molecule has 0 aromatic heterocycles. The van der Waals surface area contributed by atoms with Gasteiger partial charge in [0.05, 0.1) is 12.7 Å². The molecule has 3 heteroatoms. The molecule has 1 saturated heterocycles. The van der Waals surface area contributed by atoms with Crippen LogP contribution in [0.5, 0.6) is 0 Å². The highest BCUT2D eigenvalue weighted by molar-refractivity contribution is 5.66. The normalized spacial score (nSPS) is 20.6. The minimum absolute atomic E-state index is 0.159. The van der Waals surface area contributed by atoms with Crippen molar-refractivity contribution >= 4 is 12.4 Å². The highest BCUT2D eigenvalue weighted by Crippen LogP contribution is 2.19. The van der Waals surface area contributed by atoms with Gasteiger partial charge in [-0.05, 0) is 17.2 Å². The number of ether oxygens (including phenoxy) is 1. The number of benzene rings is 1. The van der Waals surface area contributed by atoms with E-state index in [1.807, 2.05) is 12.2 Å². The van der Waals surface area contributed by atoms with Crippen LogP contribution in [0.2, 0.25) is 0 Å². The van der Waals surface area contributed by atoms with Crippen LogP contribution in [0.25, 0.3) is 6.08 Å². The van der Waals surface area contributed by atoms with Gasteiger partial charge in [0, 0.05) is 13.1 Å². The monoisotopic (exact) mass is 243 g/mol. The first-order valence-electron chi connectivity index (χ1n) is 6.11. The molecule has 18 heavy (non-hydrogen) atoms. The lowest BCUT2D eigenvalue weighted by atomic mass is 10.1. The first kappa shape index (κ1) is 12.7. The lowest BCUT2D eigenvalue weighted by Gasteiger charge is -2.23. The molecule has 0 amide bonds. The summed E-state index contributed by atoms with van der Waals surface area (Å²) < 4.78 is 5.69. The fourth-order valence-corrected chi connectivity index (χ4v) is 1.88. The quantitative estimate of drug-likeness (QED) is 0.500. The third kappa shape index (κ3) is 3.65. The van der Waals surface area contributed by atoms with E-state index in [1.54, 1.807) is 6.08 Å². The molecule has 1 heterocycles. The van der Waals surface area contributed by atoms with Crippen LogP contribution in [0.4, 0.5) is 0 Å². The summed E-state index contributed by atoms with van der Waals surface area (Å²) in [6.07, 6.45) is 7.92. The van der Waals surface area contributed by atoms with E-state index < -0.39 is 0 Å². The molecule has 2 rings (SSSR count). The fraction of sp³-hybridized carbons (Fsp3) is 0.267. The second kappa shape index (κ2) is 6.89. The van der Waals surface area contributed by atoms with Crippen LogP contribution < -0.4 is 5.32 Å². The molecule has 1 aromatic carbocycles. The number of rotatable bonds is 4. The Labute approximate surface area is 107 Å². The van der Waals surface area contributed by atoms with E-state index >= 15 is 0 Å². The van der Waals surface area contributed by atoms with Gasteiger partial charge in [-0.25, -0.2) is 0 Å². The van der Waals surface area contributed by atoms with Crippen molar-refractivity contribution in [1.82, 2.24) is 5.32 Å². The molecule has 94 valence electrons. The van der Waals surface area contributed by atoms with Gasteiger partial charge in [-0.1, -0.05) is 42.5 Å². The predicted octanol–water partition coefficient (Wildman–Crippen LogP) is 2.12. The number of morpholine rings is 1. The second-order valence-electron chi connectivity index (χ2n) is 4.11. The molecule has 1 aliphatic rings. The third-order valence-corrected chi connectivity index (χ3v) is 2.83. The molecule has 0 bridgehead atoms. The van der Waals surface area contributed by atoms with Crippen molar-refractivity contribution < 1.29 is 9.53 Å². The first-order chi connectivity index (χ1) is 8.90. The first-order valence-corrected chi connectivity index (χ1v) is 6.11. The highest BCUT2D eigenvalue weighted by Gasteiger charge is 2.14. The zero-order valence-electron chi connectivity index (χ0n) is 10.2. The molecule has 1 atom stereocenters. The van der Waals surface area contributed by atoms with E-state index in [2.05, 4.69) is 29.6 Å². The summed E-state index contributed by atoms with van der Waals surface area (Å²) in [4.78, 5) is 10.1. The van der Waals surface area contributed by atoms with E-state index in [9.17, 15) is 4.79 Å². The molecule has 1 aromatic rings. The number of hydrogen-bond donors (Lipinski definition) is 1. The molecule has 0 spiro atoms. The Bertz CT molecular complexity index is 428. The lowest BCUT2D eigenvalue weighted by Crippen LogP contribution is -2.33. The topological polar surface area (TPSA) is 38.3 Å². The van der Waals surface area contributed by atoms with Crippen LogP contribution in [0, 0.1) is 0 Å². The zero-order valence-corrected chi connectivity index (χ0v) is 10.2. The summed E-state index contributed by atoms with van der Waals surface area (Å²) in [6.45, 7) is 2.57. The second-order valence-corrected chi connectivity index (χ2v) is 4.11. The van der Waals surface area contributed by atoms with E-state index in [1.165, 1.54) is 11.6 Å². The number of hydrogen-bond acceptors (Lipinski definition) is 3. The Balaban J connectivity index is 1.98. The molecule has 1 N–H and O–H groups in total. The van der Waals surface area contributed by atoms with Crippen LogP contribution in [0.1, 0.15) is 17.2 Å². The summed E-state index contributed by atoms with van der Waals surface area (Å²) in [5, 5.41) is 3.32. The molecule has 1 aliphatic heterocycles. The van der Waals surface area contributed by atoms with Crippen molar-refractivity contribution in [1.29, 1.82) is 0 Å². The van der Waals surface area contributed by atoms with E-state index in [-0.39, 0.29) is 6.10 Å². The maximum Gasteiger partial charge on any atom is 0.142 e. The smallest absolute Gasteiger partial charge is 0.142 e. The summed E-state index contributed by atoms with van der Waals surface area (Å²) in [5.41, 5.74) is 2.31. The highest BCUT2D eigenvalue weighted by atomic mass is 16.5. The molecule has 3 nitrogen and oxygen atoms in total. The van der Waals surface area contributed by atoms with Gasteiger partial charge in [-0.15, -0.1) is 0 Å². The van der Waals surface area contributed by atoms with Gasteiger partial charge in [0.25, 0.3) is 0 Å². The van der Waals surface area contributed by atoms with Gasteiger partial charge in [-0.3, -0.25) is 4.79 Å². The average Bonchev–Trinajstić information content (AvgIpc) is 2.45.